The molecular formula is C21H21ClN4O. The van der Waals surface area contributed by atoms with Crippen molar-refractivity contribution in [3.8, 4) is 0 Å². The average molecular weight is 381 g/mol. The van der Waals surface area contributed by atoms with Gasteiger partial charge in [-0.2, -0.15) is 0 Å². The van der Waals surface area contributed by atoms with Gasteiger partial charge in [0.05, 0.1) is 6.54 Å². The van der Waals surface area contributed by atoms with Crippen LogP contribution in [0.15, 0.2) is 55.3 Å². The van der Waals surface area contributed by atoms with Crippen molar-refractivity contribution in [2.75, 3.05) is 6.54 Å². The second kappa shape index (κ2) is 7.53. The molecule has 5 nitrogen and oxygen atoms in total. The SMILES string of the molecule is C=CCN(Cc1nc2cccnc2n1CC1CC1)C(=O)c1cccc(Cl)c1. The Morgan fingerprint density at radius 3 is 2.93 bits per heavy atom. The summed E-state index contributed by atoms with van der Waals surface area (Å²) in [5, 5.41) is 0.546. The molecular weight excluding hydrogens is 360 g/mol. The van der Waals surface area contributed by atoms with Crippen LogP contribution in [-0.4, -0.2) is 31.9 Å². The van der Waals surface area contributed by atoms with Crippen LogP contribution in [0.5, 0.6) is 0 Å². The van der Waals surface area contributed by atoms with Crippen LogP contribution in [-0.2, 0) is 13.1 Å². The van der Waals surface area contributed by atoms with Gasteiger partial charge in [0.25, 0.3) is 5.91 Å². The molecule has 0 spiro atoms. The Kier molecular flexibility index (Phi) is 4.94. The first-order chi connectivity index (χ1) is 13.2. The smallest absolute Gasteiger partial charge is 0.254 e. The molecule has 27 heavy (non-hydrogen) atoms. The largest absolute Gasteiger partial charge is 0.327 e. The van der Waals surface area contributed by atoms with Gasteiger partial charge in [-0.05, 0) is 49.1 Å². The minimum Gasteiger partial charge on any atom is -0.327 e. The summed E-state index contributed by atoms with van der Waals surface area (Å²) in [5.74, 6) is 1.45. The van der Waals surface area contributed by atoms with Crippen LogP contribution in [0.25, 0.3) is 11.2 Å². The highest BCUT2D eigenvalue weighted by Crippen LogP contribution is 2.32. The lowest BCUT2D eigenvalue weighted by Gasteiger charge is -2.21. The molecule has 0 unspecified atom stereocenters. The molecule has 138 valence electrons. The van der Waals surface area contributed by atoms with Crippen molar-refractivity contribution in [1.82, 2.24) is 19.4 Å². The number of rotatable bonds is 7. The summed E-state index contributed by atoms with van der Waals surface area (Å²) in [6, 6.07) is 10.9. The third kappa shape index (κ3) is 3.88. The van der Waals surface area contributed by atoms with Gasteiger partial charge < -0.3 is 9.47 Å². The predicted molar refractivity (Wildman–Crippen MR) is 107 cm³/mol. The minimum absolute atomic E-state index is 0.0876. The zero-order valence-electron chi connectivity index (χ0n) is 15.0. The van der Waals surface area contributed by atoms with E-state index in [4.69, 9.17) is 16.6 Å². The number of hydrogen-bond acceptors (Lipinski definition) is 3. The molecule has 1 aromatic carbocycles. The zero-order chi connectivity index (χ0) is 18.8. The van der Waals surface area contributed by atoms with Crippen molar-refractivity contribution in [3.05, 3.63) is 71.7 Å². The van der Waals surface area contributed by atoms with Gasteiger partial charge in [-0.1, -0.05) is 23.7 Å². The third-order valence-electron chi connectivity index (χ3n) is 4.76. The highest BCUT2D eigenvalue weighted by atomic mass is 35.5. The number of benzene rings is 1. The summed E-state index contributed by atoms with van der Waals surface area (Å²) >= 11 is 6.06. The number of halogens is 1. The molecule has 0 saturated heterocycles. The predicted octanol–water partition coefficient (Wildman–Crippen LogP) is 4.32. The molecule has 0 bridgehead atoms. The summed E-state index contributed by atoms with van der Waals surface area (Å²) in [6.07, 6.45) is 6.00. The van der Waals surface area contributed by atoms with Crippen molar-refractivity contribution < 1.29 is 4.79 Å². The minimum atomic E-state index is -0.0876. The normalized spacial score (nSPS) is 13.7. The zero-order valence-corrected chi connectivity index (χ0v) is 15.8. The van der Waals surface area contributed by atoms with E-state index < -0.39 is 0 Å². The molecule has 1 aliphatic carbocycles. The molecule has 2 heterocycles. The monoisotopic (exact) mass is 380 g/mol. The van der Waals surface area contributed by atoms with Gasteiger partial charge in [0, 0.05) is 29.9 Å². The molecule has 0 N–H and O–H groups in total. The van der Waals surface area contributed by atoms with Crippen LogP contribution >= 0.6 is 11.6 Å². The molecule has 1 saturated carbocycles. The summed E-state index contributed by atoms with van der Waals surface area (Å²) in [7, 11) is 0. The van der Waals surface area contributed by atoms with Gasteiger partial charge in [-0.15, -0.1) is 6.58 Å². The number of fused-ring (bicyclic) bond motifs is 1. The molecule has 1 aliphatic rings. The van der Waals surface area contributed by atoms with E-state index in [0.717, 1.165) is 23.5 Å². The lowest BCUT2D eigenvalue weighted by molar-refractivity contribution is 0.0757. The van der Waals surface area contributed by atoms with Gasteiger partial charge >= 0.3 is 0 Å². The maximum absolute atomic E-state index is 13.0. The quantitative estimate of drug-likeness (QED) is 0.573. The van der Waals surface area contributed by atoms with E-state index >= 15 is 0 Å². The van der Waals surface area contributed by atoms with E-state index in [9.17, 15) is 4.79 Å². The summed E-state index contributed by atoms with van der Waals surface area (Å²) in [6.45, 7) is 5.54. The van der Waals surface area contributed by atoms with Gasteiger partial charge in [-0.25, -0.2) is 9.97 Å². The van der Waals surface area contributed by atoms with Crippen LogP contribution in [0.3, 0.4) is 0 Å². The standard InChI is InChI=1S/C21H21ClN4O/c1-2-11-25(21(27)16-5-3-6-17(22)12-16)14-19-24-18-7-4-10-23-20(18)26(19)13-15-8-9-15/h2-7,10,12,15H,1,8-9,11,13-14H2. The van der Waals surface area contributed by atoms with Gasteiger partial charge in [0.15, 0.2) is 5.65 Å². The van der Waals surface area contributed by atoms with Gasteiger partial charge in [-0.3, -0.25) is 4.79 Å². The first-order valence-corrected chi connectivity index (χ1v) is 9.49. The number of nitrogens with zero attached hydrogens (tertiary/aromatic N) is 4. The Morgan fingerprint density at radius 2 is 2.19 bits per heavy atom. The fourth-order valence-corrected chi connectivity index (χ4v) is 3.42. The number of hydrogen-bond donors (Lipinski definition) is 0. The van der Waals surface area contributed by atoms with Gasteiger partial charge in [0.2, 0.25) is 0 Å². The third-order valence-corrected chi connectivity index (χ3v) is 5.00. The molecule has 0 aliphatic heterocycles. The Morgan fingerprint density at radius 1 is 1.33 bits per heavy atom. The van der Waals surface area contributed by atoms with Crippen molar-refractivity contribution in [2.24, 2.45) is 5.92 Å². The van der Waals surface area contributed by atoms with E-state index in [1.807, 2.05) is 12.1 Å². The number of aromatic nitrogens is 3. The van der Waals surface area contributed by atoms with Crippen molar-refractivity contribution in [1.29, 1.82) is 0 Å². The molecule has 2 aromatic heterocycles. The number of pyridine rings is 1. The van der Waals surface area contributed by atoms with Crippen LogP contribution < -0.4 is 0 Å². The second-order valence-electron chi connectivity index (χ2n) is 6.91. The summed E-state index contributed by atoms with van der Waals surface area (Å²) in [5.41, 5.74) is 2.31. The second-order valence-corrected chi connectivity index (χ2v) is 7.35. The highest BCUT2D eigenvalue weighted by Gasteiger charge is 2.26. The Labute approximate surface area is 163 Å². The lowest BCUT2D eigenvalue weighted by Crippen LogP contribution is -2.32. The van der Waals surface area contributed by atoms with E-state index in [1.54, 1.807) is 41.4 Å². The molecule has 1 fully saturated rings. The van der Waals surface area contributed by atoms with E-state index in [1.165, 1.54) is 12.8 Å². The van der Waals surface area contributed by atoms with Crippen molar-refractivity contribution in [2.45, 2.75) is 25.9 Å². The Bertz CT molecular complexity index is 993. The first-order valence-electron chi connectivity index (χ1n) is 9.11. The number of imidazole rings is 1. The van der Waals surface area contributed by atoms with Crippen LogP contribution in [0, 0.1) is 5.92 Å². The Balaban J connectivity index is 1.67. The Hall–Kier alpha value is -2.66. The molecule has 0 radical (unpaired) electrons. The number of carbonyl (C=O) groups excluding carboxylic acids is 1. The van der Waals surface area contributed by atoms with E-state index in [0.29, 0.717) is 29.6 Å². The van der Waals surface area contributed by atoms with Crippen molar-refractivity contribution in [3.63, 3.8) is 0 Å². The molecule has 0 atom stereocenters. The van der Waals surface area contributed by atoms with Crippen molar-refractivity contribution >= 4 is 28.7 Å². The fourth-order valence-electron chi connectivity index (χ4n) is 3.23. The highest BCUT2D eigenvalue weighted by molar-refractivity contribution is 6.30. The van der Waals surface area contributed by atoms with E-state index in [-0.39, 0.29) is 5.91 Å². The maximum Gasteiger partial charge on any atom is 0.254 e. The lowest BCUT2D eigenvalue weighted by atomic mass is 10.2. The fraction of sp³-hybridized carbons (Fsp3) is 0.286. The topological polar surface area (TPSA) is 51.0 Å². The maximum atomic E-state index is 13.0. The number of amides is 1. The molecule has 6 heteroatoms. The molecule has 1 amide bonds. The molecule has 4 rings (SSSR count). The van der Waals surface area contributed by atoms with E-state index in [2.05, 4.69) is 16.1 Å². The summed E-state index contributed by atoms with van der Waals surface area (Å²) < 4.78 is 2.16. The van der Waals surface area contributed by atoms with Crippen LogP contribution in [0.2, 0.25) is 5.02 Å². The van der Waals surface area contributed by atoms with Crippen LogP contribution in [0.4, 0.5) is 0 Å². The van der Waals surface area contributed by atoms with Gasteiger partial charge in [0.1, 0.15) is 11.3 Å². The first kappa shape index (κ1) is 17.7. The number of carbonyl (C=O) groups is 1. The molecule has 3 aromatic rings. The summed E-state index contributed by atoms with van der Waals surface area (Å²) in [4.78, 5) is 24.0. The van der Waals surface area contributed by atoms with Crippen LogP contribution in [0.1, 0.15) is 29.0 Å². The average Bonchev–Trinajstić information content (AvgIpc) is 3.43.